The van der Waals surface area contributed by atoms with Crippen molar-refractivity contribution in [2.45, 2.75) is 6.54 Å². The first-order valence-corrected chi connectivity index (χ1v) is 3.60. The van der Waals surface area contributed by atoms with Gasteiger partial charge in [0.15, 0.2) is 0 Å². The molecule has 0 unspecified atom stereocenters. The minimum Gasteiger partial charge on any atom is -0.285 e. The number of aromatic nitrogens is 3. The summed E-state index contributed by atoms with van der Waals surface area (Å²) >= 11 is 3.39. The Morgan fingerprint density at radius 3 is 2.08 bits per heavy atom. The van der Waals surface area contributed by atoms with E-state index in [1.807, 2.05) is 0 Å². The van der Waals surface area contributed by atoms with Crippen LogP contribution in [0, 0.1) is 0 Å². The van der Waals surface area contributed by atoms with E-state index < -0.39 is 28.7 Å². The monoisotopic (exact) mass is 203 g/mol. The Balaban J connectivity index is 3.38. The summed E-state index contributed by atoms with van der Waals surface area (Å²) < 4.78 is 0.538. The molecule has 70 valence electrons. The van der Waals surface area contributed by atoms with E-state index in [1.54, 1.807) is 9.97 Å². The normalized spacial score (nSPS) is 9.92. The first-order valence-electron chi connectivity index (χ1n) is 3.16. The summed E-state index contributed by atoms with van der Waals surface area (Å²) in [5, 5.41) is -0.653. The first kappa shape index (κ1) is 9.52. The summed E-state index contributed by atoms with van der Waals surface area (Å²) in [6.45, 7) is -0.478. The van der Waals surface area contributed by atoms with Gasteiger partial charge in [0.25, 0.3) is 0 Å². The van der Waals surface area contributed by atoms with E-state index in [2.05, 4.69) is 12.6 Å². The number of nitrogens with one attached hydrogen (secondary N) is 2. The van der Waals surface area contributed by atoms with Crippen molar-refractivity contribution in [2.75, 3.05) is 0 Å². The second-order valence-corrected chi connectivity index (χ2v) is 2.67. The Hall–Kier alpha value is -1.57. The standard InChI is InChI=1S/C5H5N3O4S/c9-2(13)1-8-4(11)6-3(10)7-5(8)12/h1H2,(H,9,13)(H2,6,7,10,11,12). The molecule has 0 radical (unpaired) electrons. The molecule has 8 heteroatoms. The second kappa shape index (κ2) is 3.44. The SMILES string of the molecule is O=C(S)Cn1c(=O)[nH]c(=O)[nH]c1=O. The van der Waals surface area contributed by atoms with Gasteiger partial charge < -0.3 is 0 Å². The van der Waals surface area contributed by atoms with Gasteiger partial charge in [0, 0.05) is 0 Å². The number of nitrogens with zero attached hydrogens (tertiary/aromatic N) is 1. The van der Waals surface area contributed by atoms with E-state index in [1.165, 1.54) is 0 Å². The van der Waals surface area contributed by atoms with Crippen molar-refractivity contribution < 1.29 is 4.79 Å². The van der Waals surface area contributed by atoms with Crippen LogP contribution in [-0.4, -0.2) is 19.7 Å². The van der Waals surface area contributed by atoms with Gasteiger partial charge in [0.05, 0.1) is 0 Å². The van der Waals surface area contributed by atoms with Crippen LogP contribution in [-0.2, 0) is 11.3 Å². The second-order valence-electron chi connectivity index (χ2n) is 2.17. The summed E-state index contributed by atoms with van der Waals surface area (Å²) in [7, 11) is 0. The van der Waals surface area contributed by atoms with Gasteiger partial charge in [-0.2, -0.15) is 0 Å². The van der Waals surface area contributed by atoms with Gasteiger partial charge in [-0.25, -0.2) is 19.0 Å². The fourth-order valence-corrected chi connectivity index (χ4v) is 0.873. The molecule has 1 rings (SSSR count). The highest BCUT2D eigenvalue weighted by Crippen LogP contribution is 1.78. The molecule has 0 aliphatic heterocycles. The van der Waals surface area contributed by atoms with E-state index in [9.17, 15) is 19.2 Å². The van der Waals surface area contributed by atoms with Crippen LogP contribution in [0.25, 0.3) is 0 Å². The molecular formula is C5H5N3O4S. The highest BCUT2D eigenvalue weighted by molar-refractivity contribution is 7.96. The highest BCUT2D eigenvalue weighted by Gasteiger charge is 2.04. The molecule has 0 bridgehead atoms. The third-order valence-corrected chi connectivity index (χ3v) is 1.37. The maximum atomic E-state index is 10.9. The average molecular weight is 203 g/mol. The molecule has 0 aromatic carbocycles. The minimum atomic E-state index is -0.934. The molecule has 1 heterocycles. The molecule has 7 nitrogen and oxygen atoms in total. The lowest BCUT2D eigenvalue weighted by molar-refractivity contribution is -0.111. The zero-order valence-corrected chi connectivity index (χ0v) is 7.13. The first-order chi connectivity index (χ1) is 6.00. The van der Waals surface area contributed by atoms with Crippen LogP contribution < -0.4 is 17.1 Å². The number of thiol groups is 1. The van der Waals surface area contributed by atoms with Crippen LogP contribution in [0.1, 0.15) is 0 Å². The van der Waals surface area contributed by atoms with Gasteiger partial charge in [-0.05, 0) is 0 Å². The van der Waals surface area contributed by atoms with Gasteiger partial charge in [-0.3, -0.25) is 14.8 Å². The minimum absolute atomic E-state index is 0.478. The largest absolute Gasteiger partial charge is 0.334 e. The number of hydrogen-bond donors (Lipinski definition) is 3. The third-order valence-electron chi connectivity index (χ3n) is 1.22. The summed E-state index contributed by atoms with van der Waals surface area (Å²) in [6, 6.07) is 0. The van der Waals surface area contributed by atoms with Crippen molar-refractivity contribution in [3.63, 3.8) is 0 Å². The van der Waals surface area contributed by atoms with Crippen LogP contribution in [0.2, 0.25) is 0 Å². The van der Waals surface area contributed by atoms with Gasteiger partial charge in [-0.1, -0.05) is 0 Å². The number of rotatable bonds is 2. The number of hydrogen-bond acceptors (Lipinski definition) is 4. The zero-order chi connectivity index (χ0) is 10.0. The topological polar surface area (TPSA) is 105 Å². The van der Waals surface area contributed by atoms with Gasteiger partial charge >= 0.3 is 17.1 Å². The Morgan fingerprint density at radius 2 is 1.69 bits per heavy atom. The predicted octanol–water partition coefficient (Wildman–Crippen LogP) is -2.32. The van der Waals surface area contributed by atoms with Crippen molar-refractivity contribution in [1.82, 2.24) is 14.5 Å². The maximum absolute atomic E-state index is 10.9. The predicted molar refractivity (Wildman–Crippen MR) is 45.9 cm³/mol. The van der Waals surface area contributed by atoms with Crippen LogP contribution in [0.5, 0.6) is 0 Å². The van der Waals surface area contributed by atoms with Crippen molar-refractivity contribution in [1.29, 1.82) is 0 Å². The van der Waals surface area contributed by atoms with Crippen molar-refractivity contribution in [2.24, 2.45) is 0 Å². The zero-order valence-electron chi connectivity index (χ0n) is 6.23. The van der Waals surface area contributed by atoms with E-state index >= 15 is 0 Å². The summed E-state index contributed by atoms with van der Waals surface area (Å²) in [5.41, 5.74) is -2.77. The van der Waals surface area contributed by atoms with Crippen molar-refractivity contribution >= 4 is 17.7 Å². The fourth-order valence-electron chi connectivity index (χ4n) is 0.732. The van der Waals surface area contributed by atoms with Gasteiger partial charge in [0.1, 0.15) is 6.54 Å². The molecule has 0 aliphatic carbocycles. The molecule has 1 aromatic rings. The van der Waals surface area contributed by atoms with E-state index in [0.717, 1.165) is 0 Å². The van der Waals surface area contributed by atoms with E-state index in [-0.39, 0.29) is 0 Å². The van der Waals surface area contributed by atoms with Crippen LogP contribution in [0.15, 0.2) is 14.4 Å². The molecule has 0 aliphatic rings. The lowest BCUT2D eigenvalue weighted by Crippen LogP contribution is -2.44. The Bertz CT molecular complexity index is 461. The van der Waals surface area contributed by atoms with Crippen molar-refractivity contribution in [3.05, 3.63) is 31.5 Å². The average Bonchev–Trinajstić information content (AvgIpc) is 1.96. The van der Waals surface area contributed by atoms with E-state index in [4.69, 9.17) is 0 Å². The summed E-state index contributed by atoms with van der Waals surface area (Å²) in [5.74, 6) is 0. The highest BCUT2D eigenvalue weighted by atomic mass is 32.1. The van der Waals surface area contributed by atoms with Gasteiger partial charge in [-0.15, -0.1) is 12.6 Å². The van der Waals surface area contributed by atoms with Crippen LogP contribution in [0.4, 0.5) is 0 Å². The summed E-state index contributed by atoms with van der Waals surface area (Å²) in [4.78, 5) is 46.4. The number of H-pyrrole nitrogens is 2. The molecule has 13 heavy (non-hydrogen) atoms. The maximum Gasteiger partial charge on any atom is 0.334 e. The molecule has 0 amide bonds. The van der Waals surface area contributed by atoms with Crippen LogP contribution >= 0.6 is 12.6 Å². The number of aromatic amines is 2. The molecule has 0 fully saturated rings. The Kier molecular flexibility index (Phi) is 2.52. The quantitative estimate of drug-likeness (QED) is 0.469. The molecular weight excluding hydrogens is 198 g/mol. The van der Waals surface area contributed by atoms with Crippen LogP contribution in [0.3, 0.4) is 0 Å². The molecule has 0 atom stereocenters. The smallest absolute Gasteiger partial charge is 0.285 e. The fraction of sp³-hybridized carbons (Fsp3) is 0.200. The molecule has 0 saturated carbocycles. The number of carbonyl (C=O) groups is 1. The third kappa shape index (κ3) is 2.18. The lowest BCUT2D eigenvalue weighted by Gasteiger charge is -1.97. The molecule has 0 spiro atoms. The number of carbonyl (C=O) groups excluding carboxylic acids is 1. The Labute approximate surface area is 75.8 Å². The Morgan fingerprint density at radius 1 is 1.23 bits per heavy atom. The molecule has 1 aromatic heterocycles. The van der Waals surface area contributed by atoms with Gasteiger partial charge in [0.2, 0.25) is 5.12 Å². The van der Waals surface area contributed by atoms with Crippen molar-refractivity contribution in [3.8, 4) is 0 Å². The molecule has 0 saturated heterocycles. The van der Waals surface area contributed by atoms with E-state index in [0.29, 0.717) is 4.57 Å². The summed E-state index contributed by atoms with van der Waals surface area (Å²) in [6.07, 6.45) is 0. The molecule has 2 N–H and O–H groups in total. The lowest BCUT2D eigenvalue weighted by atomic mass is 10.7.